The van der Waals surface area contributed by atoms with E-state index in [9.17, 15) is 36.2 Å². The van der Waals surface area contributed by atoms with E-state index in [1.54, 1.807) is 0 Å². The number of ether oxygens (including phenoxy) is 1. The average molecular weight is 477 g/mol. The van der Waals surface area contributed by atoms with Crippen molar-refractivity contribution in [1.82, 2.24) is 4.90 Å². The number of alkyl halides is 6. The van der Waals surface area contributed by atoms with Gasteiger partial charge in [-0.25, -0.2) is 0 Å². The number of amides is 1. The van der Waals surface area contributed by atoms with Gasteiger partial charge in [-0.05, 0) is 23.8 Å². The lowest BCUT2D eigenvalue weighted by atomic mass is 9.94. The first-order chi connectivity index (χ1) is 14.9. The van der Waals surface area contributed by atoms with E-state index in [1.165, 1.54) is 29.2 Å². The summed E-state index contributed by atoms with van der Waals surface area (Å²) in [4.78, 5) is 13.0. The molecule has 0 saturated carbocycles. The van der Waals surface area contributed by atoms with Crippen LogP contribution < -0.4 is 0 Å². The molecular formula is C21H17F6NO3S. The molecule has 1 aliphatic heterocycles. The Bertz CT molecular complexity index is 1030. The Kier molecular flexibility index (Phi) is 6.80. The van der Waals surface area contributed by atoms with Crippen LogP contribution in [0.4, 0.5) is 26.3 Å². The molecule has 4 nitrogen and oxygen atoms in total. The van der Waals surface area contributed by atoms with E-state index in [2.05, 4.69) is 6.58 Å². The number of hydrogen-bond acceptors (Lipinski definition) is 4. The molecule has 0 atom stereocenters. The molecule has 1 aliphatic rings. The minimum atomic E-state index is -5.43. The van der Waals surface area contributed by atoms with Crippen molar-refractivity contribution < 1.29 is 41.0 Å². The number of nitrogens with zero attached hydrogens (tertiary/aromatic N) is 1. The van der Waals surface area contributed by atoms with Gasteiger partial charge in [0.2, 0.25) is 0 Å². The van der Waals surface area contributed by atoms with Gasteiger partial charge in [-0.2, -0.15) is 26.3 Å². The smallest absolute Gasteiger partial charge is 0.418 e. The number of carbonyl (C=O) groups is 1. The summed E-state index contributed by atoms with van der Waals surface area (Å²) < 4.78 is 88.7. The Morgan fingerprint density at radius 3 is 2.09 bits per heavy atom. The molecule has 3 rings (SSSR count). The van der Waals surface area contributed by atoms with Gasteiger partial charge in [0.25, 0.3) is 5.91 Å². The summed E-state index contributed by atoms with van der Waals surface area (Å²) in [6.07, 6.45) is -10.8. The first-order valence-electron chi connectivity index (χ1n) is 9.24. The molecule has 11 heteroatoms. The van der Waals surface area contributed by atoms with E-state index in [0.717, 1.165) is 12.1 Å². The van der Waals surface area contributed by atoms with Gasteiger partial charge in [0.05, 0.1) is 29.2 Å². The Balaban J connectivity index is 2.16. The molecule has 0 bridgehead atoms. The van der Waals surface area contributed by atoms with Crippen molar-refractivity contribution in [3.63, 3.8) is 0 Å². The summed E-state index contributed by atoms with van der Waals surface area (Å²) in [7, 11) is 0. The van der Waals surface area contributed by atoms with E-state index in [4.69, 9.17) is 4.74 Å². The van der Waals surface area contributed by atoms with Crippen molar-refractivity contribution in [2.45, 2.75) is 22.1 Å². The van der Waals surface area contributed by atoms with Gasteiger partial charge in [-0.3, -0.25) is 4.79 Å². The zero-order valence-electron chi connectivity index (χ0n) is 16.4. The van der Waals surface area contributed by atoms with Crippen LogP contribution in [0.25, 0.3) is 5.57 Å². The number of benzene rings is 2. The molecule has 0 aromatic heterocycles. The van der Waals surface area contributed by atoms with Gasteiger partial charge in [0, 0.05) is 23.6 Å². The second-order valence-electron chi connectivity index (χ2n) is 6.81. The zero-order chi connectivity index (χ0) is 23.7. The molecule has 0 spiro atoms. The van der Waals surface area contributed by atoms with Crippen LogP contribution >= 0.6 is 11.8 Å². The highest BCUT2D eigenvalue weighted by atomic mass is 32.2. The normalized spacial score (nSPS) is 15.0. The minimum Gasteiger partial charge on any atom is -0.507 e. The maximum absolute atomic E-state index is 14.0. The fourth-order valence-electron chi connectivity index (χ4n) is 3.23. The van der Waals surface area contributed by atoms with Crippen molar-refractivity contribution in [1.29, 1.82) is 0 Å². The number of rotatable bonds is 4. The number of phenols is 1. The Hall–Kier alpha value is -2.66. The number of para-hydroxylation sites is 1. The Morgan fingerprint density at radius 2 is 1.53 bits per heavy atom. The van der Waals surface area contributed by atoms with E-state index in [-0.39, 0.29) is 36.9 Å². The Labute approximate surface area is 183 Å². The van der Waals surface area contributed by atoms with E-state index in [1.807, 2.05) is 0 Å². The second kappa shape index (κ2) is 9.07. The highest BCUT2D eigenvalue weighted by Crippen LogP contribution is 2.49. The molecule has 2 aromatic carbocycles. The fourth-order valence-corrected chi connectivity index (χ4v) is 4.24. The van der Waals surface area contributed by atoms with Crippen LogP contribution in [0, 0.1) is 0 Å². The van der Waals surface area contributed by atoms with Crippen LogP contribution in [0.1, 0.15) is 16.7 Å². The molecule has 1 saturated heterocycles. The molecule has 1 N–H and O–H groups in total. The number of phenolic OH excluding ortho intramolecular Hbond substituents is 1. The van der Waals surface area contributed by atoms with Gasteiger partial charge < -0.3 is 14.7 Å². The highest BCUT2D eigenvalue weighted by molar-refractivity contribution is 7.99. The summed E-state index contributed by atoms with van der Waals surface area (Å²) in [5.41, 5.74) is -5.56. The van der Waals surface area contributed by atoms with Gasteiger partial charge in [-0.15, -0.1) is 0 Å². The first kappa shape index (κ1) is 24.0. The molecular weight excluding hydrogens is 460 g/mol. The van der Waals surface area contributed by atoms with Gasteiger partial charge in [0.15, 0.2) is 0 Å². The standard InChI is InChI=1S/C21H17F6NO3S/c1-12(19(30)28-8-10-31-11-9-28)13-6-7-16(32-15-5-3-2-4-14(15)29)18(21(25,26)27)17(13)20(22,23)24/h2-7,29H,1,8-11H2. The van der Waals surface area contributed by atoms with Gasteiger partial charge >= 0.3 is 12.4 Å². The summed E-state index contributed by atoms with van der Waals surface area (Å²) in [5.74, 6) is -1.27. The molecule has 1 fully saturated rings. The third-order valence-electron chi connectivity index (χ3n) is 4.70. The lowest BCUT2D eigenvalue weighted by molar-refractivity contribution is -0.163. The molecule has 0 unspecified atom stereocenters. The quantitative estimate of drug-likeness (QED) is 0.470. The third kappa shape index (κ3) is 5.04. The van der Waals surface area contributed by atoms with E-state index in [0.29, 0.717) is 11.8 Å². The zero-order valence-corrected chi connectivity index (χ0v) is 17.2. The lowest BCUT2D eigenvalue weighted by Crippen LogP contribution is -2.41. The molecule has 32 heavy (non-hydrogen) atoms. The monoisotopic (exact) mass is 477 g/mol. The largest absolute Gasteiger partial charge is 0.507 e. The minimum absolute atomic E-state index is 0.0536. The van der Waals surface area contributed by atoms with E-state index >= 15 is 0 Å². The molecule has 0 aliphatic carbocycles. The van der Waals surface area contributed by atoms with Crippen LogP contribution in [-0.4, -0.2) is 42.2 Å². The van der Waals surface area contributed by atoms with E-state index < -0.39 is 45.4 Å². The SMILES string of the molecule is C=C(C(=O)N1CCOCC1)c1ccc(Sc2ccccc2O)c(C(F)(F)F)c1C(F)(F)F. The average Bonchev–Trinajstić information content (AvgIpc) is 2.73. The summed E-state index contributed by atoms with van der Waals surface area (Å²) in [5, 5.41) is 9.86. The number of hydrogen-bond donors (Lipinski definition) is 1. The molecule has 172 valence electrons. The number of carbonyl (C=O) groups excluding carboxylic acids is 1. The number of morpholine rings is 1. The summed E-state index contributed by atoms with van der Waals surface area (Å²) in [6.45, 7) is 3.88. The molecule has 1 amide bonds. The second-order valence-corrected chi connectivity index (χ2v) is 7.89. The Morgan fingerprint density at radius 1 is 0.938 bits per heavy atom. The third-order valence-corrected chi connectivity index (χ3v) is 5.83. The van der Waals surface area contributed by atoms with Crippen molar-refractivity contribution in [3.8, 4) is 5.75 Å². The maximum atomic E-state index is 14.0. The molecule has 2 aromatic rings. The van der Waals surface area contributed by atoms with Crippen LogP contribution in [0.5, 0.6) is 5.75 Å². The summed E-state index contributed by atoms with van der Waals surface area (Å²) >= 11 is 0.343. The predicted octanol–water partition coefficient (Wildman–Crippen LogP) is 5.45. The molecule has 1 heterocycles. The van der Waals surface area contributed by atoms with Crippen LogP contribution in [0.2, 0.25) is 0 Å². The molecule has 0 radical (unpaired) electrons. The van der Waals surface area contributed by atoms with Gasteiger partial charge in [0.1, 0.15) is 5.75 Å². The van der Waals surface area contributed by atoms with Gasteiger partial charge in [-0.1, -0.05) is 36.5 Å². The van der Waals surface area contributed by atoms with Crippen molar-refractivity contribution in [2.75, 3.05) is 26.3 Å². The predicted molar refractivity (Wildman–Crippen MR) is 105 cm³/mol. The van der Waals surface area contributed by atoms with Crippen molar-refractivity contribution in [3.05, 3.63) is 59.7 Å². The highest BCUT2D eigenvalue weighted by Gasteiger charge is 2.47. The first-order valence-corrected chi connectivity index (χ1v) is 10.1. The van der Waals surface area contributed by atoms with Crippen molar-refractivity contribution >= 4 is 23.2 Å². The summed E-state index contributed by atoms with van der Waals surface area (Å²) in [6, 6.07) is 7.00. The topological polar surface area (TPSA) is 49.8 Å². The van der Waals surface area contributed by atoms with Crippen molar-refractivity contribution in [2.24, 2.45) is 0 Å². The van der Waals surface area contributed by atoms with Crippen LogP contribution in [0.15, 0.2) is 52.8 Å². The lowest BCUT2D eigenvalue weighted by Gasteiger charge is -2.29. The van der Waals surface area contributed by atoms with Crippen LogP contribution in [0.3, 0.4) is 0 Å². The fraction of sp³-hybridized carbons (Fsp3) is 0.286. The van der Waals surface area contributed by atoms with Crippen LogP contribution in [-0.2, 0) is 21.9 Å². The number of aromatic hydroxyl groups is 1. The maximum Gasteiger partial charge on any atom is 0.418 e. The number of halogens is 6.